The minimum absolute atomic E-state index is 0.0164. The molecule has 35 heavy (non-hydrogen) atoms. The maximum absolute atomic E-state index is 13.4. The van der Waals surface area contributed by atoms with Gasteiger partial charge in [0.25, 0.3) is 5.91 Å². The largest absolute Gasteiger partial charge is 0.507 e. The molecule has 0 bridgehead atoms. The number of aromatic hydroxyl groups is 1. The quantitative estimate of drug-likeness (QED) is 0.218. The van der Waals surface area contributed by atoms with E-state index in [-0.39, 0.29) is 11.6 Å². The molecule has 5 nitrogen and oxygen atoms in total. The molecule has 0 aliphatic rings. The second-order valence-electron chi connectivity index (χ2n) is 7.77. The van der Waals surface area contributed by atoms with Gasteiger partial charge in [0.2, 0.25) is 11.8 Å². The molecule has 0 aliphatic carbocycles. The molecule has 0 atom stereocenters. The van der Waals surface area contributed by atoms with Crippen LogP contribution in [-0.4, -0.2) is 16.0 Å². The van der Waals surface area contributed by atoms with Crippen molar-refractivity contribution in [3.05, 3.63) is 108 Å². The van der Waals surface area contributed by atoms with E-state index in [1.807, 2.05) is 54.6 Å². The summed E-state index contributed by atoms with van der Waals surface area (Å²) in [7, 11) is 0. The fraction of sp³-hybridized carbons (Fsp3) is 0. The lowest BCUT2D eigenvalue weighted by Crippen LogP contribution is -2.13. The molecule has 0 spiro atoms. The van der Waals surface area contributed by atoms with E-state index in [4.69, 9.17) is 16.0 Å². The highest BCUT2D eigenvalue weighted by Crippen LogP contribution is 2.36. The van der Waals surface area contributed by atoms with Crippen LogP contribution >= 0.6 is 24.2 Å². The van der Waals surface area contributed by atoms with Crippen molar-refractivity contribution in [2.75, 3.05) is 5.32 Å². The van der Waals surface area contributed by atoms with Crippen LogP contribution < -0.4 is 5.32 Å². The Labute approximate surface area is 212 Å². The van der Waals surface area contributed by atoms with Crippen LogP contribution in [0.1, 0.15) is 10.4 Å². The van der Waals surface area contributed by atoms with Crippen molar-refractivity contribution >= 4 is 36.0 Å². The number of benzene rings is 4. The Morgan fingerprint density at radius 3 is 2.31 bits per heavy atom. The molecule has 0 saturated carbocycles. The van der Waals surface area contributed by atoms with Gasteiger partial charge in [-0.3, -0.25) is 10.1 Å². The zero-order chi connectivity index (χ0) is 24.4. The van der Waals surface area contributed by atoms with Crippen LogP contribution in [0.2, 0.25) is 5.02 Å². The lowest BCUT2D eigenvalue weighted by Gasteiger charge is -2.11. The highest BCUT2D eigenvalue weighted by atomic mass is 35.5. The number of anilines is 1. The number of phenolic OH excluding ortho intramolecular Hbond substituents is 1. The minimum Gasteiger partial charge on any atom is -0.507 e. The van der Waals surface area contributed by atoms with Gasteiger partial charge in [0.05, 0.1) is 0 Å². The van der Waals surface area contributed by atoms with Gasteiger partial charge in [-0.15, -0.1) is 12.6 Å². The molecule has 0 saturated heterocycles. The Bertz CT molecular complexity index is 1520. The monoisotopic (exact) mass is 498 g/mol. The topological polar surface area (TPSA) is 75.4 Å². The number of hydrogen-bond acceptors (Lipinski definition) is 5. The van der Waals surface area contributed by atoms with Crippen molar-refractivity contribution in [3.63, 3.8) is 0 Å². The summed E-state index contributed by atoms with van der Waals surface area (Å²) >= 11 is 10.3. The van der Waals surface area contributed by atoms with Crippen molar-refractivity contribution in [2.45, 2.75) is 4.90 Å². The summed E-state index contributed by atoms with van der Waals surface area (Å²) < 4.78 is 6.04. The van der Waals surface area contributed by atoms with Gasteiger partial charge < -0.3 is 9.52 Å². The van der Waals surface area contributed by atoms with E-state index in [0.29, 0.717) is 33.3 Å². The number of hydrogen-bond donors (Lipinski definition) is 3. The Morgan fingerprint density at radius 1 is 0.857 bits per heavy atom. The molecular weight excluding hydrogens is 480 g/mol. The van der Waals surface area contributed by atoms with Crippen molar-refractivity contribution in [3.8, 4) is 39.6 Å². The average molecular weight is 499 g/mol. The first-order chi connectivity index (χ1) is 17.0. The van der Waals surface area contributed by atoms with Gasteiger partial charge in [-0.1, -0.05) is 60.1 Å². The Hall–Kier alpha value is -4.00. The van der Waals surface area contributed by atoms with E-state index in [9.17, 15) is 9.90 Å². The maximum atomic E-state index is 13.4. The van der Waals surface area contributed by atoms with Crippen LogP contribution in [-0.2, 0) is 0 Å². The van der Waals surface area contributed by atoms with E-state index in [1.54, 1.807) is 36.4 Å². The van der Waals surface area contributed by atoms with Crippen LogP contribution in [0.3, 0.4) is 0 Å². The molecule has 5 rings (SSSR count). The maximum Gasteiger partial charge on any atom is 0.258 e. The molecule has 0 fully saturated rings. The number of halogens is 1. The van der Waals surface area contributed by atoms with Crippen LogP contribution in [0.15, 0.2) is 106 Å². The molecule has 0 unspecified atom stereocenters. The van der Waals surface area contributed by atoms with Gasteiger partial charge in [0.15, 0.2) is 0 Å². The molecule has 2 N–H and O–H groups in total. The standard InChI is InChI=1S/C28H19ClN2O3S/c29-19-12-15-22(24(32)16-19)21-8-4-5-9-23(21)26(33)31-28-25(17-6-2-1-3-7-17)30-27(34-28)18-10-13-20(35)14-11-18/h1-16,32,35H,(H,31,33). The van der Waals surface area contributed by atoms with Crippen molar-refractivity contribution < 1.29 is 14.3 Å². The molecule has 0 radical (unpaired) electrons. The molecule has 7 heteroatoms. The predicted octanol–water partition coefficient (Wildman–Crippen LogP) is 7.58. The molecule has 1 heterocycles. The third-order valence-corrected chi connectivity index (χ3v) is 5.97. The summed E-state index contributed by atoms with van der Waals surface area (Å²) in [5.41, 5.74) is 3.48. The zero-order valence-electron chi connectivity index (χ0n) is 18.3. The number of carbonyl (C=O) groups is 1. The number of nitrogens with zero attached hydrogens (tertiary/aromatic N) is 1. The van der Waals surface area contributed by atoms with Gasteiger partial charge in [-0.2, -0.15) is 0 Å². The van der Waals surface area contributed by atoms with Crippen LogP contribution in [0, 0.1) is 0 Å². The zero-order valence-corrected chi connectivity index (χ0v) is 19.9. The van der Waals surface area contributed by atoms with E-state index in [2.05, 4.69) is 22.9 Å². The molecule has 172 valence electrons. The lowest BCUT2D eigenvalue weighted by molar-refractivity contribution is 0.102. The number of amides is 1. The van der Waals surface area contributed by atoms with E-state index < -0.39 is 5.91 Å². The highest BCUT2D eigenvalue weighted by Gasteiger charge is 2.21. The number of thiol groups is 1. The van der Waals surface area contributed by atoms with Gasteiger partial charge in [0.1, 0.15) is 11.4 Å². The smallest absolute Gasteiger partial charge is 0.258 e. The number of oxazole rings is 1. The van der Waals surface area contributed by atoms with Gasteiger partial charge in [0, 0.05) is 32.2 Å². The molecule has 1 aromatic heterocycles. The molecule has 0 aliphatic heterocycles. The minimum atomic E-state index is -0.402. The second kappa shape index (κ2) is 9.70. The lowest BCUT2D eigenvalue weighted by atomic mass is 9.98. The van der Waals surface area contributed by atoms with Crippen LogP contribution in [0.25, 0.3) is 33.8 Å². The summed E-state index contributed by atoms with van der Waals surface area (Å²) in [5.74, 6) is 0.176. The predicted molar refractivity (Wildman–Crippen MR) is 141 cm³/mol. The summed E-state index contributed by atoms with van der Waals surface area (Å²) in [5, 5.41) is 13.7. The molecule has 1 amide bonds. The van der Waals surface area contributed by atoms with Crippen molar-refractivity contribution in [1.29, 1.82) is 0 Å². The highest BCUT2D eigenvalue weighted by molar-refractivity contribution is 7.80. The SMILES string of the molecule is O=C(Nc1oc(-c2ccc(S)cc2)nc1-c1ccccc1)c1ccccc1-c1ccc(Cl)cc1O. The number of aromatic nitrogens is 1. The molecule has 4 aromatic carbocycles. The summed E-state index contributed by atoms with van der Waals surface area (Å²) in [6, 6.07) is 28.7. The first-order valence-corrected chi connectivity index (χ1v) is 11.6. The third kappa shape index (κ3) is 4.80. The normalized spacial score (nSPS) is 10.8. The Balaban J connectivity index is 1.55. The molecule has 5 aromatic rings. The van der Waals surface area contributed by atoms with Crippen LogP contribution in [0.5, 0.6) is 5.75 Å². The summed E-state index contributed by atoms with van der Waals surface area (Å²) in [6.45, 7) is 0. The first-order valence-electron chi connectivity index (χ1n) is 10.7. The third-order valence-electron chi connectivity index (χ3n) is 5.44. The van der Waals surface area contributed by atoms with Crippen molar-refractivity contribution in [2.24, 2.45) is 0 Å². The van der Waals surface area contributed by atoms with Crippen LogP contribution in [0.4, 0.5) is 5.88 Å². The second-order valence-corrected chi connectivity index (χ2v) is 8.72. The van der Waals surface area contributed by atoms with Gasteiger partial charge >= 0.3 is 0 Å². The Kier molecular flexibility index (Phi) is 6.31. The summed E-state index contributed by atoms with van der Waals surface area (Å²) in [6.07, 6.45) is 0. The van der Waals surface area contributed by atoms with E-state index >= 15 is 0 Å². The Morgan fingerprint density at radius 2 is 1.57 bits per heavy atom. The van der Waals surface area contributed by atoms with Gasteiger partial charge in [-0.25, -0.2) is 4.98 Å². The van der Waals surface area contributed by atoms with E-state index in [1.165, 1.54) is 6.07 Å². The van der Waals surface area contributed by atoms with Gasteiger partial charge in [-0.05, 0) is 54.1 Å². The van der Waals surface area contributed by atoms with E-state index in [0.717, 1.165) is 16.0 Å². The summed E-state index contributed by atoms with van der Waals surface area (Å²) in [4.78, 5) is 18.9. The first kappa shape index (κ1) is 22.8. The average Bonchev–Trinajstić information content (AvgIpc) is 3.29. The number of phenols is 1. The fourth-order valence-corrected chi connectivity index (χ4v) is 4.06. The van der Waals surface area contributed by atoms with Crippen molar-refractivity contribution in [1.82, 2.24) is 4.98 Å². The number of rotatable bonds is 5. The number of carbonyl (C=O) groups excluding carboxylic acids is 1. The fourth-order valence-electron chi connectivity index (χ4n) is 3.74. The number of nitrogens with one attached hydrogen (secondary N) is 1. The molecular formula is C28H19ClN2O3S.